The molecule has 0 unspecified atom stereocenters. The fourth-order valence-electron chi connectivity index (χ4n) is 3.23. The maximum atomic E-state index is 3.55. The molecule has 0 atom stereocenters. The van der Waals surface area contributed by atoms with Gasteiger partial charge in [0.2, 0.25) is 0 Å². The lowest BCUT2D eigenvalue weighted by atomic mass is 9.80. The number of benzene rings is 3. The van der Waals surface area contributed by atoms with E-state index in [0.29, 0.717) is 0 Å². The van der Waals surface area contributed by atoms with Gasteiger partial charge in [0.1, 0.15) is 0 Å². The van der Waals surface area contributed by atoms with Crippen LogP contribution >= 0.6 is 27.7 Å². The molecule has 0 aromatic heterocycles. The molecule has 1 heterocycles. The van der Waals surface area contributed by atoms with E-state index in [-0.39, 0.29) is 5.41 Å². The smallest absolute Gasteiger partial charge is 0.0311 e. The van der Waals surface area contributed by atoms with E-state index in [1.807, 2.05) is 11.8 Å². The molecule has 26 heavy (non-hydrogen) atoms. The van der Waals surface area contributed by atoms with E-state index in [4.69, 9.17) is 0 Å². The molecule has 1 aliphatic rings. The third kappa shape index (κ3) is 3.58. The molecule has 0 spiro atoms. The van der Waals surface area contributed by atoms with Gasteiger partial charge in [-0.1, -0.05) is 113 Å². The quantitative estimate of drug-likeness (QED) is 0.423. The molecule has 3 aromatic carbocycles. The van der Waals surface area contributed by atoms with Crippen LogP contribution < -0.4 is 0 Å². The van der Waals surface area contributed by atoms with Crippen LogP contribution in [-0.2, 0) is 5.41 Å². The van der Waals surface area contributed by atoms with Crippen LogP contribution in [0.3, 0.4) is 0 Å². The summed E-state index contributed by atoms with van der Waals surface area (Å²) in [6.45, 7) is 2.29. The standard InChI is InChI=1S/C24H19BrS/c1-24(20-12-14-21(25)15-13-20)16-22(18-8-4-2-5-9-18)26-23(17-24)19-10-6-3-7-11-19/h2-17H,1H3. The van der Waals surface area contributed by atoms with E-state index in [1.54, 1.807) is 0 Å². The second-order valence-corrected chi connectivity index (χ2v) is 8.64. The van der Waals surface area contributed by atoms with Crippen LogP contribution in [-0.4, -0.2) is 0 Å². The zero-order chi connectivity index (χ0) is 18.0. The molecule has 0 nitrogen and oxygen atoms in total. The molecule has 0 bridgehead atoms. The maximum absolute atomic E-state index is 3.55. The van der Waals surface area contributed by atoms with E-state index >= 15 is 0 Å². The molecule has 0 N–H and O–H groups in total. The monoisotopic (exact) mass is 418 g/mol. The summed E-state index contributed by atoms with van der Waals surface area (Å²) in [5.41, 5.74) is 3.68. The molecule has 2 heteroatoms. The molecule has 3 aromatic rings. The summed E-state index contributed by atoms with van der Waals surface area (Å²) in [6.07, 6.45) is 4.78. The van der Waals surface area contributed by atoms with Gasteiger partial charge in [0.25, 0.3) is 0 Å². The minimum Gasteiger partial charge on any atom is -0.0894 e. The molecule has 1 aliphatic heterocycles. The fraction of sp³-hybridized carbons (Fsp3) is 0.0833. The van der Waals surface area contributed by atoms with Gasteiger partial charge in [-0.3, -0.25) is 0 Å². The Bertz CT molecular complexity index is 899. The van der Waals surface area contributed by atoms with Crippen molar-refractivity contribution in [2.75, 3.05) is 0 Å². The van der Waals surface area contributed by atoms with Crippen LogP contribution in [0.25, 0.3) is 9.81 Å². The number of hydrogen-bond acceptors (Lipinski definition) is 1. The van der Waals surface area contributed by atoms with E-state index in [1.165, 1.54) is 26.5 Å². The SMILES string of the molecule is CC1(c2ccc(Br)cc2)C=C(c2ccccc2)SC(c2ccccc2)=C1. The molecular formula is C24H19BrS. The Hall–Kier alpha value is -2.03. The van der Waals surface area contributed by atoms with Gasteiger partial charge in [-0.2, -0.15) is 0 Å². The Morgan fingerprint density at radius 2 is 1.12 bits per heavy atom. The highest BCUT2D eigenvalue weighted by Gasteiger charge is 2.28. The summed E-state index contributed by atoms with van der Waals surface area (Å²) in [7, 11) is 0. The Morgan fingerprint density at radius 1 is 0.654 bits per heavy atom. The third-order valence-electron chi connectivity index (χ3n) is 4.66. The Morgan fingerprint density at radius 3 is 1.58 bits per heavy atom. The minimum absolute atomic E-state index is 0.150. The zero-order valence-electron chi connectivity index (χ0n) is 14.5. The van der Waals surface area contributed by atoms with Gasteiger partial charge in [-0.05, 0) is 35.7 Å². The summed E-state index contributed by atoms with van der Waals surface area (Å²) >= 11 is 5.40. The molecule has 128 valence electrons. The Balaban J connectivity index is 1.85. The van der Waals surface area contributed by atoms with Gasteiger partial charge in [0.05, 0.1) is 0 Å². The highest BCUT2D eigenvalue weighted by atomic mass is 79.9. The zero-order valence-corrected chi connectivity index (χ0v) is 16.9. The highest BCUT2D eigenvalue weighted by molar-refractivity contribution is 9.10. The van der Waals surface area contributed by atoms with Crippen LogP contribution in [0.1, 0.15) is 23.6 Å². The van der Waals surface area contributed by atoms with Gasteiger partial charge in [0, 0.05) is 19.7 Å². The van der Waals surface area contributed by atoms with Crippen molar-refractivity contribution >= 4 is 37.5 Å². The number of allylic oxidation sites excluding steroid dienone is 2. The first-order valence-electron chi connectivity index (χ1n) is 8.64. The van der Waals surface area contributed by atoms with Crippen molar-refractivity contribution in [2.24, 2.45) is 0 Å². The molecular weight excluding hydrogens is 400 g/mol. The van der Waals surface area contributed by atoms with Gasteiger partial charge < -0.3 is 0 Å². The summed E-state index contributed by atoms with van der Waals surface area (Å²) in [4.78, 5) is 2.61. The van der Waals surface area contributed by atoms with Crippen molar-refractivity contribution < 1.29 is 0 Å². The van der Waals surface area contributed by atoms with Gasteiger partial charge in [-0.15, -0.1) is 0 Å². The first-order chi connectivity index (χ1) is 12.6. The molecule has 0 fully saturated rings. The van der Waals surface area contributed by atoms with E-state index in [9.17, 15) is 0 Å². The number of halogens is 1. The summed E-state index contributed by atoms with van der Waals surface area (Å²) in [5.74, 6) is 0. The van der Waals surface area contributed by atoms with Crippen LogP contribution in [0.2, 0.25) is 0 Å². The lowest BCUT2D eigenvalue weighted by Crippen LogP contribution is -2.19. The second kappa shape index (κ2) is 7.30. The van der Waals surface area contributed by atoms with Crippen molar-refractivity contribution in [1.29, 1.82) is 0 Å². The average molecular weight is 419 g/mol. The number of rotatable bonds is 3. The highest BCUT2D eigenvalue weighted by Crippen LogP contribution is 2.48. The van der Waals surface area contributed by atoms with Crippen LogP contribution in [0, 0.1) is 0 Å². The first-order valence-corrected chi connectivity index (χ1v) is 10.3. The Labute approximate surface area is 167 Å². The van der Waals surface area contributed by atoms with Crippen LogP contribution in [0.5, 0.6) is 0 Å². The number of thioether (sulfide) groups is 1. The van der Waals surface area contributed by atoms with Crippen molar-refractivity contribution in [2.45, 2.75) is 12.3 Å². The van der Waals surface area contributed by atoms with Gasteiger partial charge in [-0.25, -0.2) is 0 Å². The lowest BCUT2D eigenvalue weighted by molar-refractivity contribution is 0.762. The topological polar surface area (TPSA) is 0 Å². The van der Waals surface area contributed by atoms with E-state index < -0.39 is 0 Å². The van der Waals surface area contributed by atoms with E-state index in [0.717, 1.165) is 4.47 Å². The molecule has 0 aliphatic carbocycles. The van der Waals surface area contributed by atoms with Crippen molar-refractivity contribution in [3.8, 4) is 0 Å². The Kier molecular flexibility index (Phi) is 4.88. The molecule has 0 radical (unpaired) electrons. The molecule has 0 saturated heterocycles. The summed E-state index contributed by atoms with van der Waals surface area (Å²) in [5, 5.41) is 0. The fourth-order valence-corrected chi connectivity index (χ4v) is 4.85. The van der Waals surface area contributed by atoms with Crippen LogP contribution in [0.4, 0.5) is 0 Å². The largest absolute Gasteiger partial charge is 0.0894 e. The normalized spacial score (nSPS) is 15.9. The predicted molar refractivity (Wildman–Crippen MR) is 118 cm³/mol. The maximum Gasteiger partial charge on any atom is 0.0311 e. The van der Waals surface area contributed by atoms with Crippen molar-refractivity contribution in [3.63, 3.8) is 0 Å². The number of hydrogen-bond donors (Lipinski definition) is 0. The first kappa shape index (κ1) is 17.4. The van der Waals surface area contributed by atoms with Crippen LogP contribution in [0.15, 0.2) is 102 Å². The van der Waals surface area contributed by atoms with E-state index in [2.05, 4.69) is 120 Å². The molecule has 0 saturated carbocycles. The average Bonchev–Trinajstić information content (AvgIpc) is 2.69. The second-order valence-electron chi connectivity index (χ2n) is 6.64. The predicted octanol–water partition coefficient (Wildman–Crippen LogP) is 7.54. The minimum atomic E-state index is -0.150. The van der Waals surface area contributed by atoms with Gasteiger partial charge in [0.15, 0.2) is 0 Å². The third-order valence-corrected chi connectivity index (χ3v) is 6.34. The molecule has 4 rings (SSSR count). The van der Waals surface area contributed by atoms with Crippen molar-refractivity contribution in [3.05, 3.63) is 118 Å². The summed E-state index contributed by atoms with van der Waals surface area (Å²) < 4.78 is 1.11. The molecule has 0 amide bonds. The van der Waals surface area contributed by atoms with Gasteiger partial charge >= 0.3 is 0 Å². The van der Waals surface area contributed by atoms with Crippen molar-refractivity contribution in [1.82, 2.24) is 0 Å². The lowest BCUT2D eigenvalue weighted by Gasteiger charge is -2.30. The summed E-state index contributed by atoms with van der Waals surface area (Å²) in [6, 6.07) is 30.0.